The van der Waals surface area contributed by atoms with Crippen LogP contribution in [0.25, 0.3) is 0 Å². The van der Waals surface area contributed by atoms with Crippen LogP contribution in [0, 0.1) is 0 Å². The van der Waals surface area contributed by atoms with Crippen molar-refractivity contribution < 1.29 is 9.53 Å². The van der Waals surface area contributed by atoms with E-state index in [0.29, 0.717) is 5.33 Å². The largest absolute Gasteiger partial charge is 0.496 e. The van der Waals surface area contributed by atoms with Gasteiger partial charge in [-0.15, -0.1) is 0 Å². The summed E-state index contributed by atoms with van der Waals surface area (Å²) in [4.78, 5) is 11.5. The summed E-state index contributed by atoms with van der Waals surface area (Å²) >= 11 is 3.17. The van der Waals surface area contributed by atoms with Gasteiger partial charge in [-0.05, 0) is 36.5 Å². The second-order valence-electron chi connectivity index (χ2n) is 4.17. The molecular formula is C13H16BrNO2. The van der Waals surface area contributed by atoms with Crippen molar-refractivity contribution in [3.05, 3.63) is 29.3 Å². The van der Waals surface area contributed by atoms with Gasteiger partial charge in [-0.1, -0.05) is 28.1 Å². The molecule has 4 heteroatoms. The van der Waals surface area contributed by atoms with Gasteiger partial charge in [0.05, 0.1) is 18.5 Å². The zero-order chi connectivity index (χ0) is 12.3. The van der Waals surface area contributed by atoms with Gasteiger partial charge >= 0.3 is 0 Å². The molecule has 2 rings (SSSR count). The number of hydrogen-bond donors (Lipinski definition) is 1. The molecule has 0 fully saturated rings. The van der Waals surface area contributed by atoms with Crippen LogP contribution in [0.2, 0.25) is 0 Å². The number of halogens is 1. The number of alkyl halides is 1. The van der Waals surface area contributed by atoms with Crippen molar-refractivity contribution in [2.45, 2.75) is 25.3 Å². The third-order valence-corrected chi connectivity index (χ3v) is 3.65. The van der Waals surface area contributed by atoms with Gasteiger partial charge in [0.25, 0.3) is 0 Å². The Kier molecular flexibility index (Phi) is 4.05. The van der Waals surface area contributed by atoms with Gasteiger partial charge in [-0.2, -0.15) is 0 Å². The van der Waals surface area contributed by atoms with E-state index in [1.165, 1.54) is 11.1 Å². The van der Waals surface area contributed by atoms with Gasteiger partial charge in [-0.25, -0.2) is 0 Å². The summed E-state index contributed by atoms with van der Waals surface area (Å²) in [5.41, 5.74) is 2.44. The summed E-state index contributed by atoms with van der Waals surface area (Å²) in [6.45, 7) is 0. The third kappa shape index (κ3) is 2.63. The molecule has 1 aromatic carbocycles. The number of amides is 1. The van der Waals surface area contributed by atoms with Gasteiger partial charge in [0.2, 0.25) is 5.91 Å². The molecule has 0 heterocycles. The number of rotatable bonds is 3. The Hall–Kier alpha value is -1.03. The predicted octanol–water partition coefficient (Wildman–Crippen LogP) is 2.58. The van der Waals surface area contributed by atoms with Crippen LogP contribution in [-0.4, -0.2) is 18.3 Å². The van der Waals surface area contributed by atoms with Crippen molar-refractivity contribution in [3.63, 3.8) is 0 Å². The molecule has 0 spiro atoms. The molecule has 1 aromatic rings. The van der Waals surface area contributed by atoms with Crippen LogP contribution < -0.4 is 10.1 Å². The number of fused-ring (bicyclic) bond motifs is 1. The third-order valence-electron chi connectivity index (χ3n) is 3.14. The normalized spacial score (nSPS) is 18.4. The first kappa shape index (κ1) is 12.4. The summed E-state index contributed by atoms with van der Waals surface area (Å²) in [5.74, 6) is 0.964. The van der Waals surface area contributed by atoms with E-state index in [1.807, 2.05) is 12.1 Å². The highest BCUT2D eigenvalue weighted by Crippen LogP contribution is 2.35. The quantitative estimate of drug-likeness (QED) is 0.871. The van der Waals surface area contributed by atoms with Gasteiger partial charge in [0.1, 0.15) is 5.75 Å². The SMILES string of the molecule is COc1cccc2c1CCCC2NC(=O)CBr. The lowest BCUT2D eigenvalue weighted by Gasteiger charge is -2.27. The maximum Gasteiger partial charge on any atom is 0.231 e. The first-order valence-electron chi connectivity index (χ1n) is 5.77. The van der Waals surface area contributed by atoms with Gasteiger partial charge in [0, 0.05) is 0 Å². The smallest absolute Gasteiger partial charge is 0.231 e. The molecule has 0 saturated carbocycles. The monoisotopic (exact) mass is 297 g/mol. The molecule has 1 aliphatic rings. The fourth-order valence-electron chi connectivity index (χ4n) is 2.39. The summed E-state index contributed by atoms with van der Waals surface area (Å²) in [6, 6.07) is 6.17. The van der Waals surface area contributed by atoms with Crippen molar-refractivity contribution in [2.75, 3.05) is 12.4 Å². The lowest BCUT2D eigenvalue weighted by atomic mass is 9.87. The molecule has 0 radical (unpaired) electrons. The first-order valence-corrected chi connectivity index (χ1v) is 6.89. The predicted molar refractivity (Wildman–Crippen MR) is 70.6 cm³/mol. The van der Waals surface area contributed by atoms with E-state index < -0.39 is 0 Å². The minimum atomic E-state index is 0.0330. The molecule has 0 saturated heterocycles. The van der Waals surface area contributed by atoms with Crippen LogP contribution in [0.4, 0.5) is 0 Å². The van der Waals surface area contributed by atoms with E-state index in [0.717, 1.165) is 25.0 Å². The van der Waals surface area contributed by atoms with E-state index >= 15 is 0 Å². The zero-order valence-electron chi connectivity index (χ0n) is 9.83. The minimum Gasteiger partial charge on any atom is -0.496 e. The Balaban J connectivity index is 2.28. The van der Waals surface area contributed by atoms with E-state index in [9.17, 15) is 4.79 Å². The molecule has 0 bridgehead atoms. The Morgan fingerprint density at radius 2 is 2.41 bits per heavy atom. The van der Waals surface area contributed by atoms with Crippen LogP contribution in [0.1, 0.15) is 30.0 Å². The molecule has 0 aliphatic heterocycles. The van der Waals surface area contributed by atoms with Crippen molar-refractivity contribution in [1.82, 2.24) is 5.32 Å². The summed E-state index contributed by atoms with van der Waals surface area (Å²) in [6.07, 6.45) is 3.11. The van der Waals surface area contributed by atoms with Crippen molar-refractivity contribution >= 4 is 21.8 Å². The topological polar surface area (TPSA) is 38.3 Å². The highest BCUT2D eigenvalue weighted by Gasteiger charge is 2.23. The molecule has 92 valence electrons. The Bertz CT molecular complexity index is 420. The second kappa shape index (κ2) is 5.54. The lowest BCUT2D eigenvalue weighted by Crippen LogP contribution is -2.31. The highest BCUT2D eigenvalue weighted by molar-refractivity contribution is 9.09. The lowest BCUT2D eigenvalue weighted by molar-refractivity contribution is -0.119. The number of methoxy groups -OCH3 is 1. The second-order valence-corrected chi connectivity index (χ2v) is 4.73. The number of carbonyl (C=O) groups is 1. The van der Waals surface area contributed by atoms with Crippen LogP contribution in [-0.2, 0) is 11.2 Å². The molecule has 1 N–H and O–H groups in total. The van der Waals surface area contributed by atoms with E-state index in [1.54, 1.807) is 7.11 Å². The van der Waals surface area contributed by atoms with Crippen LogP contribution >= 0.6 is 15.9 Å². The average molecular weight is 298 g/mol. The molecule has 17 heavy (non-hydrogen) atoms. The van der Waals surface area contributed by atoms with E-state index in [2.05, 4.69) is 27.3 Å². The van der Waals surface area contributed by atoms with E-state index in [-0.39, 0.29) is 11.9 Å². The number of hydrogen-bond acceptors (Lipinski definition) is 2. The maximum absolute atomic E-state index is 11.5. The number of ether oxygens (including phenoxy) is 1. The van der Waals surface area contributed by atoms with Crippen LogP contribution in [0.15, 0.2) is 18.2 Å². The Morgan fingerprint density at radius 3 is 3.12 bits per heavy atom. The van der Waals surface area contributed by atoms with Crippen molar-refractivity contribution in [2.24, 2.45) is 0 Å². The number of carbonyl (C=O) groups excluding carboxylic acids is 1. The van der Waals surface area contributed by atoms with Gasteiger partial charge in [-0.3, -0.25) is 4.79 Å². The molecule has 1 unspecified atom stereocenters. The fourth-order valence-corrected chi connectivity index (χ4v) is 2.55. The Morgan fingerprint density at radius 1 is 1.59 bits per heavy atom. The van der Waals surface area contributed by atoms with Crippen molar-refractivity contribution in [1.29, 1.82) is 0 Å². The molecule has 1 aliphatic carbocycles. The maximum atomic E-state index is 11.5. The zero-order valence-corrected chi connectivity index (χ0v) is 11.4. The molecule has 3 nitrogen and oxygen atoms in total. The molecule has 0 aromatic heterocycles. The fraction of sp³-hybridized carbons (Fsp3) is 0.462. The summed E-state index contributed by atoms with van der Waals surface area (Å²) in [7, 11) is 1.69. The first-order chi connectivity index (χ1) is 8.26. The van der Waals surface area contributed by atoms with Gasteiger partial charge in [0.15, 0.2) is 0 Å². The van der Waals surface area contributed by atoms with Gasteiger partial charge < -0.3 is 10.1 Å². The summed E-state index contributed by atoms with van der Waals surface area (Å²) in [5, 5.41) is 3.38. The molecular weight excluding hydrogens is 282 g/mol. The molecule has 1 amide bonds. The minimum absolute atomic E-state index is 0.0330. The summed E-state index contributed by atoms with van der Waals surface area (Å²) < 4.78 is 5.37. The average Bonchev–Trinajstić information content (AvgIpc) is 2.38. The van der Waals surface area contributed by atoms with Crippen LogP contribution in [0.5, 0.6) is 5.75 Å². The standard InChI is InChI=1S/C13H16BrNO2/c1-17-12-7-3-4-9-10(12)5-2-6-11(9)15-13(16)8-14/h3-4,7,11H,2,5-6,8H2,1H3,(H,15,16). The van der Waals surface area contributed by atoms with Crippen molar-refractivity contribution in [3.8, 4) is 5.75 Å². The van der Waals surface area contributed by atoms with E-state index in [4.69, 9.17) is 4.74 Å². The number of benzene rings is 1. The Labute approximate surface area is 110 Å². The van der Waals surface area contributed by atoms with Crippen LogP contribution in [0.3, 0.4) is 0 Å². The number of nitrogens with one attached hydrogen (secondary N) is 1. The molecule has 1 atom stereocenters. The highest BCUT2D eigenvalue weighted by atomic mass is 79.9.